The molecular weight excluding hydrogens is 140 g/mol. The molecule has 0 radical (unpaired) electrons. The summed E-state index contributed by atoms with van der Waals surface area (Å²) in [5.41, 5.74) is 2.64. The van der Waals surface area contributed by atoms with Crippen molar-refractivity contribution >= 4 is 0 Å². The van der Waals surface area contributed by atoms with Crippen molar-refractivity contribution in [3.8, 4) is 0 Å². The van der Waals surface area contributed by atoms with Gasteiger partial charge in [-0.3, -0.25) is 11.3 Å². The summed E-state index contributed by atoms with van der Waals surface area (Å²) in [6.45, 7) is 7.83. The maximum Gasteiger partial charge on any atom is 0.0795 e. The number of methoxy groups -OCH3 is 1. The molecule has 0 aromatic carbocycles. The van der Waals surface area contributed by atoms with Crippen molar-refractivity contribution in [1.29, 1.82) is 0 Å². The zero-order chi connectivity index (χ0) is 8.85. The Morgan fingerprint density at radius 1 is 1.55 bits per heavy atom. The number of ether oxygens (including phenoxy) is 1. The number of nitrogens with two attached hydrogens (primary N) is 1. The van der Waals surface area contributed by atoms with Crippen molar-refractivity contribution in [2.45, 2.75) is 26.0 Å². The van der Waals surface area contributed by atoms with Crippen LogP contribution in [0, 0.1) is 5.92 Å². The largest absolute Gasteiger partial charge is 0.379 e. The van der Waals surface area contributed by atoms with E-state index in [1.807, 2.05) is 0 Å². The van der Waals surface area contributed by atoms with Crippen LogP contribution in [0.1, 0.15) is 13.8 Å². The number of rotatable bonds is 5. The Kier molecular flexibility index (Phi) is 5.11. The van der Waals surface area contributed by atoms with Crippen LogP contribution in [0.3, 0.4) is 0 Å². The summed E-state index contributed by atoms with van der Waals surface area (Å²) in [7, 11) is 1.68. The fourth-order valence-corrected chi connectivity index (χ4v) is 1.13. The molecule has 0 rings (SSSR count). The Balaban J connectivity index is 4.08. The van der Waals surface area contributed by atoms with Crippen molar-refractivity contribution < 1.29 is 4.74 Å². The van der Waals surface area contributed by atoms with Gasteiger partial charge in [-0.2, -0.15) is 0 Å². The van der Waals surface area contributed by atoms with Gasteiger partial charge < -0.3 is 4.74 Å². The third-order valence-electron chi connectivity index (χ3n) is 1.73. The maximum atomic E-state index is 5.30. The lowest BCUT2D eigenvalue weighted by Crippen LogP contribution is -2.45. The molecule has 0 aliphatic heterocycles. The molecule has 0 aromatic heterocycles. The van der Waals surface area contributed by atoms with E-state index in [9.17, 15) is 0 Å². The maximum absolute atomic E-state index is 5.30. The third-order valence-corrected chi connectivity index (χ3v) is 1.73. The Bertz CT molecular complexity index is 115. The van der Waals surface area contributed by atoms with E-state index in [2.05, 4.69) is 25.9 Å². The number of hydrogen-bond acceptors (Lipinski definition) is 3. The van der Waals surface area contributed by atoms with Gasteiger partial charge in [0.15, 0.2) is 0 Å². The first-order valence-corrected chi connectivity index (χ1v) is 3.78. The highest BCUT2D eigenvalue weighted by Crippen LogP contribution is 2.09. The smallest absolute Gasteiger partial charge is 0.0795 e. The molecule has 3 heteroatoms. The van der Waals surface area contributed by atoms with Crippen LogP contribution >= 0.6 is 0 Å². The highest BCUT2D eigenvalue weighted by Gasteiger charge is 2.19. The molecule has 0 fully saturated rings. The molecular formula is C8H18N2O. The second kappa shape index (κ2) is 5.29. The summed E-state index contributed by atoms with van der Waals surface area (Å²) in [5.74, 6) is 5.73. The molecule has 0 amide bonds. The average molecular weight is 158 g/mol. The van der Waals surface area contributed by atoms with E-state index in [1.54, 1.807) is 13.2 Å². The van der Waals surface area contributed by atoms with E-state index < -0.39 is 0 Å². The molecule has 0 heterocycles. The summed E-state index contributed by atoms with van der Waals surface area (Å²) >= 11 is 0. The predicted octanol–water partition coefficient (Wildman–Crippen LogP) is 0.675. The Labute approximate surface area is 68.6 Å². The lowest BCUT2D eigenvalue weighted by atomic mass is 10.0. The monoisotopic (exact) mass is 158 g/mol. The molecule has 0 aliphatic carbocycles. The van der Waals surface area contributed by atoms with Crippen molar-refractivity contribution in [3.05, 3.63) is 12.7 Å². The lowest BCUT2D eigenvalue weighted by molar-refractivity contribution is 0.0460. The van der Waals surface area contributed by atoms with Gasteiger partial charge in [-0.1, -0.05) is 19.9 Å². The van der Waals surface area contributed by atoms with Crippen LogP contribution in [0.25, 0.3) is 0 Å². The van der Waals surface area contributed by atoms with Crippen LogP contribution in [-0.4, -0.2) is 19.3 Å². The predicted molar refractivity (Wildman–Crippen MR) is 46.9 cm³/mol. The molecule has 66 valence electrons. The van der Waals surface area contributed by atoms with E-state index in [0.717, 1.165) is 0 Å². The van der Waals surface area contributed by atoms with Crippen LogP contribution in [0.4, 0.5) is 0 Å². The highest BCUT2D eigenvalue weighted by molar-refractivity contribution is 4.91. The fraction of sp³-hybridized carbons (Fsp3) is 0.750. The van der Waals surface area contributed by atoms with Gasteiger partial charge in [-0.05, 0) is 5.92 Å². The van der Waals surface area contributed by atoms with Crippen molar-refractivity contribution in [3.63, 3.8) is 0 Å². The van der Waals surface area contributed by atoms with E-state index in [1.165, 1.54) is 0 Å². The van der Waals surface area contributed by atoms with Crippen LogP contribution < -0.4 is 11.3 Å². The lowest BCUT2D eigenvalue weighted by Gasteiger charge is -2.25. The molecule has 11 heavy (non-hydrogen) atoms. The third kappa shape index (κ3) is 3.01. The van der Waals surface area contributed by atoms with E-state index in [0.29, 0.717) is 5.92 Å². The molecule has 0 aliphatic rings. The van der Waals surface area contributed by atoms with Crippen molar-refractivity contribution in [1.82, 2.24) is 5.43 Å². The van der Waals surface area contributed by atoms with E-state index >= 15 is 0 Å². The zero-order valence-corrected chi connectivity index (χ0v) is 7.50. The summed E-state index contributed by atoms with van der Waals surface area (Å²) in [5, 5.41) is 0. The molecule has 0 bridgehead atoms. The van der Waals surface area contributed by atoms with Gasteiger partial charge >= 0.3 is 0 Å². The molecule has 0 saturated heterocycles. The van der Waals surface area contributed by atoms with E-state index in [-0.39, 0.29) is 12.1 Å². The summed E-state index contributed by atoms with van der Waals surface area (Å²) in [6, 6.07) is 0.0278. The quantitative estimate of drug-likeness (QED) is 0.351. The van der Waals surface area contributed by atoms with Crippen LogP contribution in [-0.2, 0) is 4.74 Å². The molecule has 0 spiro atoms. The molecule has 0 saturated carbocycles. The normalized spacial score (nSPS) is 16.5. The van der Waals surface area contributed by atoms with Gasteiger partial charge in [0, 0.05) is 7.11 Å². The Morgan fingerprint density at radius 3 is 2.18 bits per heavy atom. The molecule has 2 unspecified atom stereocenters. The summed E-state index contributed by atoms with van der Waals surface area (Å²) < 4.78 is 5.24. The average Bonchev–Trinajstić information content (AvgIpc) is 1.99. The molecule has 3 nitrogen and oxygen atoms in total. The standard InChI is InChI=1S/C8H18N2O/c1-5-7(10-9)8(11-4)6(2)3/h5-8,10H,1,9H2,2-4H3. The van der Waals surface area contributed by atoms with Gasteiger partial charge in [0.05, 0.1) is 12.1 Å². The molecule has 3 N–H and O–H groups in total. The van der Waals surface area contributed by atoms with E-state index in [4.69, 9.17) is 10.6 Å². The van der Waals surface area contributed by atoms with Gasteiger partial charge in [-0.15, -0.1) is 6.58 Å². The van der Waals surface area contributed by atoms with Crippen molar-refractivity contribution in [2.75, 3.05) is 7.11 Å². The second-order valence-corrected chi connectivity index (χ2v) is 2.87. The second-order valence-electron chi connectivity index (χ2n) is 2.87. The van der Waals surface area contributed by atoms with Crippen LogP contribution in [0.15, 0.2) is 12.7 Å². The SMILES string of the molecule is C=CC(NN)C(OC)C(C)C. The highest BCUT2D eigenvalue weighted by atomic mass is 16.5. The van der Waals surface area contributed by atoms with Gasteiger partial charge in [0.25, 0.3) is 0 Å². The Hall–Kier alpha value is -0.380. The summed E-state index contributed by atoms with van der Waals surface area (Å²) in [6.07, 6.45) is 1.85. The minimum absolute atomic E-state index is 0.0278. The van der Waals surface area contributed by atoms with Gasteiger partial charge in [-0.25, -0.2) is 0 Å². The first-order chi connectivity index (χ1) is 5.17. The molecule has 0 aromatic rings. The van der Waals surface area contributed by atoms with Crippen molar-refractivity contribution in [2.24, 2.45) is 11.8 Å². The number of nitrogens with one attached hydrogen (secondary N) is 1. The van der Waals surface area contributed by atoms with Crippen LogP contribution in [0.2, 0.25) is 0 Å². The first-order valence-electron chi connectivity index (χ1n) is 3.78. The number of hydrogen-bond donors (Lipinski definition) is 2. The Morgan fingerprint density at radius 2 is 2.09 bits per heavy atom. The molecule has 2 atom stereocenters. The van der Waals surface area contributed by atoms with Gasteiger partial charge in [0.2, 0.25) is 0 Å². The zero-order valence-electron chi connectivity index (χ0n) is 7.50. The first kappa shape index (κ1) is 10.6. The fourth-order valence-electron chi connectivity index (χ4n) is 1.13. The number of hydrazine groups is 1. The topological polar surface area (TPSA) is 47.3 Å². The minimum Gasteiger partial charge on any atom is -0.379 e. The van der Waals surface area contributed by atoms with Crippen LogP contribution in [0.5, 0.6) is 0 Å². The minimum atomic E-state index is 0.0278. The summed E-state index contributed by atoms with van der Waals surface area (Å²) in [4.78, 5) is 0. The van der Waals surface area contributed by atoms with Gasteiger partial charge in [0.1, 0.15) is 0 Å².